The van der Waals surface area contributed by atoms with Gasteiger partial charge in [-0.05, 0) is 62.2 Å². The Bertz CT molecular complexity index is 1210. The second-order valence-electron chi connectivity index (χ2n) is 8.20. The number of aromatic nitrogens is 2. The normalized spacial score (nSPS) is 15.9. The molecule has 29 heavy (non-hydrogen) atoms. The van der Waals surface area contributed by atoms with Crippen molar-refractivity contribution >= 4 is 32.5 Å². The number of H-pyrrole nitrogens is 1. The summed E-state index contributed by atoms with van der Waals surface area (Å²) in [5, 5.41) is 0. The molecule has 2 heterocycles. The molecule has 1 aromatic heterocycles. The fourth-order valence-corrected chi connectivity index (χ4v) is 4.50. The average molecular weight is 412 g/mol. The molecule has 0 aliphatic carbocycles. The van der Waals surface area contributed by atoms with Gasteiger partial charge >= 0.3 is 0 Å². The highest BCUT2D eigenvalue weighted by molar-refractivity contribution is 7.90. The quantitative estimate of drug-likeness (QED) is 0.686. The summed E-state index contributed by atoms with van der Waals surface area (Å²) in [5.41, 5.74) is 3.84. The Hall–Kier alpha value is -2.67. The largest absolute Gasteiger partial charge is 0.338 e. The molecule has 3 aromatic rings. The van der Waals surface area contributed by atoms with Crippen LogP contribution in [0, 0.1) is 0 Å². The molecule has 4 rings (SSSR count). The zero-order chi connectivity index (χ0) is 21.0. The van der Waals surface area contributed by atoms with Crippen molar-refractivity contribution in [2.24, 2.45) is 0 Å². The van der Waals surface area contributed by atoms with Gasteiger partial charge in [0.2, 0.25) is 5.91 Å². The minimum atomic E-state index is -3.23. The first kappa shape index (κ1) is 19.6. The Morgan fingerprint density at radius 3 is 2.45 bits per heavy atom. The molecule has 1 aliphatic heterocycles. The molecule has 1 aliphatic rings. The lowest BCUT2D eigenvalue weighted by molar-refractivity contribution is -0.122. The zero-order valence-corrected chi connectivity index (χ0v) is 17.9. The molecule has 1 amide bonds. The molecule has 0 bridgehead atoms. The molecule has 0 saturated carbocycles. The van der Waals surface area contributed by atoms with E-state index >= 15 is 0 Å². The van der Waals surface area contributed by atoms with Crippen molar-refractivity contribution in [1.82, 2.24) is 9.97 Å². The van der Waals surface area contributed by atoms with Gasteiger partial charge in [-0.25, -0.2) is 13.4 Å². The van der Waals surface area contributed by atoms with E-state index < -0.39 is 15.3 Å². The summed E-state index contributed by atoms with van der Waals surface area (Å²) in [7, 11) is -3.23. The Morgan fingerprint density at radius 1 is 1.14 bits per heavy atom. The van der Waals surface area contributed by atoms with E-state index in [2.05, 4.69) is 11.9 Å². The van der Waals surface area contributed by atoms with E-state index in [4.69, 9.17) is 4.98 Å². The van der Waals surface area contributed by atoms with E-state index in [-0.39, 0.29) is 10.8 Å². The van der Waals surface area contributed by atoms with E-state index in [1.807, 2.05) is 30.9 Å². The molecule has 0 unspecified atom stereocenters. The monoisotopic (exact) mass is 411 g/mol. The summed E-state index contributed by atoms with van der Waals surface area (Å²) in [4.78, 5) is 23.1. The lowest BCUT2D eigenvalue weighted by Gasteiger charge is -2.20. The molecular weight excluding hydrogens is 386 g/mol. The van der Waals surface area contributed by atoms with Crippen molar-refractivity contribution in [3.05, 3.63) is 42.0 Å². The lowest BCUT2D eigenvalue weighted by atomic mass is 9.86. The lowest BCUT2D eigenvalue weighted by Crippen LogP contribution is -2.36. The topological polar surface area (TPSA) is 83.1 Å². The van der Waals surface area contributed by atoms with Crippen LogP contribution in [0.1, 0.15) is 39.2 Å². The van der Waals surface area contributed by atoms with E-state index in [1.54, 1.807) is 24.3 Å². The van der Waals surface area contributed by atoms with E-state index in [1.165, 1.54) is 6.26 Å². The fraction of sp³-hybridized carbons (Fsp3) is 0.364. The first-order valence-electron chi connectivity index (χ1n) is 9.79. The Labute approximate surface area is 170 Å². The summed E-state index contributed by atoms with van der Waals surface area (Å²) >= 11 is 0. The van der Waals surface area contributed by atoms with Crippen LogP contribution in [-0.2, 0) is 20.0 Å². The van der Waals surface area contributed by atoms with Crippen LogP contribution in [0.3, 0.4) is 0 Å². The van der Waals surface area contributed by atoms with Crippen molar-refractivity contribution in [1.29, 1.82) is 0 Å². The summed E-state index contributed by atoms with van der Waals surface area (Å²) in [6.07, 6.45) is 3.17. The smallest absolute Gasteiger partial charge is 0.237 e. The van der Waals surface area contributed by atoms with Gasteiger partial charge in [0.15, 0.2) is 9.84 Å². The molecule has 0 saturated heterocycles. The van der Waals surface area contributed by atoms with Crippen molar-refractivity contribution in [3.63, 3.8) is 0 Å². The third kappa shape index (κ3) is 3.23. The Balaban J connectivity index is 1.78. The van der Waals surface area contributed by atoms with Crippen LogP contribution in [0.4, 0.5) is 5.69 Å². The number of hydrogen-bond acceptors (Lipinski definition) is 4. The number of hydrogen-bond donors (Lipinski definition) is 1. The molecule has 152 valence electrons. The highest BCUT2D eigenvalue weighted by Gasteiger charge is 2.43. The number of benzene rings is 2. The number of carbonyl (C=O) groups excluding carboxylic acids is 1. The number of unbranched alkanes of at least 4 members (excludes halogenated alkanes) is 1. The maximum atomic E-state index is 12.9. The van der Waals surface area contributed by atoms with Gasteiger partial charge in [0, 0.05) is 18.4 Å². The highest BCUT2D eigenvalue weighted by Crippen LogP contribution is 2.43. The zero-order valence-electron chi connectivity index (χ0n) is 17.1. The van der Waals surface area contributed by atoms with Gasteiger partial charge in [-0.15, -0.1) is 0 Å². The Kier molecular flexibility index (Phi) is 4.53. The van der Waals surface area contributed by atoms with Crippen LogP contribution < -0.4 is 4.90 Å². The minimum absolute atomic E-state index is 0.130. The Morgan fingerprint density at radius 2 is 1.83 bits per heavy atom. The third-order valence-electron chi connectivity index (χ3n) is 5.63. The van der Waals surface area contributed by atoms with Crippen molar-refractivity contribution in [2.45, 2.75) is 43.9 Å². The number of fused-ring (bicyclic) bond motifs is 2. The van der Waals surface area contributed by atoms with Crippen molar-refractivity contribution in [3.8, 4) is 11.4 Å². The van der Waals surface area contributed by atoms with Gasteiger partial charge in [-0.2, -0.15) is 0 Å². The average Bonchev–Trinajstić information content (AvgIpc) is 3.16. The fourth-order valence-electron chi connectivity index (χ4n) is 3.87. The highest BCUT2D eigenvalue weighted by atomic mass is 32.2. The van der Waals surface area contributed by atoms with Crippen LogP contribution >= 0.6 is 0 Å². The molecule has 7 heteroatoms. The van der Waals surface area contributed by atoms with Crippen molar-refractivity contribution in [2.75, 3.05) is 17.7 Å². The van der Waals surface area contributed by atoms with Crippen molar-refractivity contribution < 1.29 is 13.2 Å². The van der Waals surface area contributed by atoms with E-state index in [9.17, 15) is 13.2 Å². The third-order valence-corrected chi connectivity index (χ3v) is 6.76. The summed E-state index contributed by atoms with van der Waals surface area (Å²) in [6.45, 7) is 6.76. The molecule has 6 nitrogen and oxygen atoms in total. The number of carbonyl (C=O) groups is 1. The van der Waals surface area contributed by atoms with Crippen LogP contribution in [0.5, 0.6) is 0 Å². The SMILES string of the molecule is CCCCN1C(=O)C(C)(C)c2cc3[nH]c(-c4ccc(S(C)(=O)=O)cc4)nc3cc21. The van der Waals surface area contributed by atoms with Crippen LogP contribution in [-0.4, -0.2) is 37.1 Å². The van der Waals surface area contributed by atoms with E-state index in [0.717, 1.165) is 40.7 Å². The van der Waals surface area contributed by atoms with Gasteiger partial charge in [0.25, 0.3) is 0 Å². The number of anilines is 1. The number of sulfone groups is 1. The molecule has 0 radical (unpaired) electrons. The van der Waals surface area contributed by atoms with Gasteiger partial charge in [-0.1, -0.05) is 13.3 Å². The summed E-state index contributed by atoms with van der Waals surface area (Å²) in [5.74, 6) is 0.804. The number of amides is 1. The van der Waals surface area contributed by atoms with Crippen LogP contribution in [0.2, 0.25) is 0 Å². The van der Waals surface area contributed by atoms with Crippen LogP contribution in [0.15, 0.2) is 41.3 Å². The maximum absolute atomic E-state index is 12.9. The number of imidazole rings is 1. The standard InChI is InChI=1S/C22H25N3O3S/c1-5-6-11-25-19-13-18-17(12-16(19)22(2,3)21(25)26)23-20(24-18)14-7-9-15(10-8-14)29(4,27)28/h7-10,12-13H,5-6,11H2,1-4H3,(H,23,24). The maximum Gasteiger partial charge on any atom is 0.237 e. The number of aromatic amines is 1. The molecular formula is C22H25N3O3S. The van der Waals surface area contributed by atoms with Crippen LogP contribution in [0.25, 0.3) is 22.4 Å². The summed E-state index contributed by atoms with van der Waals surface area (Å²) in [6, 6.07) is 10.7. The number of nitrogens with one attached hydrogen (secondary N) is 1. The van der Waals surface area contributed by atoms with Gasteiger partial charge in [-0.3, -0.25) is 4.79 Å². The second kappa shape index (κ2) is 6.69. The van der Waals surface area contributed by atoms with Gasteiger partial charge in [0.05, 0.1) is 27.0 Å². The predicted molar refractivity (Wildman–Crippen MR) is 115 cm³/mol. The second-order valence-corrected chi connectivity index (χ2v) is 10.2. The van der Waals surface area contributed by atoms with E-state index in [0.29, 0.717) is 12.4 Å². The minimum Gasteiger partial charge on any atom is -0.338 e. The molecule has 2 aromatic carbocycles. The first-order chi connectivity index (χ1) is 13.6. The first-order valence-corrected chi connectivity index (χ1v) is 11.7. The molecule has 0 atom stereocenters. The number of rotatable bonds is 5. The molecule has 0 fully saturated rings. The van der Waals surface area contributed by atoms with Gasteiger partial charge in [0.1, 0.15) is 5.82 Å². The predicted octanol–water partition coefficient (Wildman–Crippen LogP) is 4.06. The number of nitrogens with zero attached hydrogens (tertiary/aromatic N) is 2. The summed E-state index contributed by atoms with van der Waals surface area (Å²) < 4.78 is 23.3. The van der Waals surface area contributed by atoms with Gasteiger partial charge < -0.3 is 9.88 Å². The molecule has 1 N–H and O–H groups in total. The molecule has 0 spiro atoms.